The van der Waals surface area contributed by atoms with Crippen molar-refractivity contribution in [3.05, 3.63) is 51.6 Å². The van der Waals surface area contributed by atoms with E-state index in [0.717, 1.165) is 24.6 Å². The maximum Gasteiger partial charge on any atom is 0.345 e. The van der Waals surface area contributed by atoms with Gasteiger partial charge in [0.15, 0.2) is 0 Å². The lowest BCUT2D eigenvalue weighted by Crippen LogP contribution is -2.05. The Kier molecular flexibility index (Phi) is 9.47. The second-order valence-corrected chi connectivity index (χ2v) is 7.30. The third-order valence-corrected chi connectivity index (χ3v) is 5.06. The first-order chi connectivity index (χ1) is 13.2. The van der Waals surface area contributed by atoms with E-state index in [2.05, 4.69) is 13.0 Å². The summed E-state index contributed by atoms with van der Waals surface area (Å²) in [5.41, 5.74) is -0.394. The van der Waals surface area contributed by atoms with Crippen molar-refractivity contribution in [2.75, 3.05) is 6.61 Å². The molecule has 148 valence electrons. The maximum atomic E-state index is 12.4. The predicted molar refractivity (Wildman–Crippen MR) is 114 cm³/mol. The molecule has 0 saturated carbocycles. The zero-order valence-electron chi connectivity index (χ0n) is 16.6. The van der Waals surface area contributed by atoms with Crippen LogP contribution in [0.2, 0.25) is 5.02 Å². The third kappa shape index (κ3) is 6.73. The minimum atomic E-state index is -0.394. The molecule has 3 nitrogen and oxygen atoms in total. The van der Waals surface area contributed by atoms with Crippen molar-refractivity contribution in [3.63, 3.8) is 0 Å². The molecule has 0 aliphatic carbocycles. The van der Waals surface area contributed by atoms with Crippen LogP contribution in [0, 0.1) is 0 Å². The van der Waals surface area contributed by atoms with Crippen molar-refractivity contribution in [1.29, 1.82) is 0 Å². The summed E-state index contributed by atoms with van der Waals surface area (Å²) in [6, 6.07) is 5.63. The van der Waals surface area contributed by atoms with Crippen LogP contribution in [0.15, 0.2) is 39.6 Å². The van der Waals surface area contributed by atoms with Gasteiger partial charge < -0.3 is 9.15 Å². The van der Waals surface area contributed by atoms with E-state index in [1.165, 1.54) is 32.1 Å². The Bertz CT molecular complexity index is 792. The van der Waals surface area contributed by atoms with Crippen molar-refractivity contribution < 1.29 is 9.15 Å². The monoisotopic (exact) mass is 390 g/mol. The number of aryl methyl sites for hydroxylation is 1. The van der Waals surface area contributed by atoms with Crippen LogP contribution < -0.4 is 10.4 Å². The number of hydrogen-bond donors (Lipinski definition) is 0. The number of rotatable bonds is 12. The molecule has 4 heteroatoms. The third-order valence-electron chi connectivity index (χ3n) is 4.68. The van der Waals surface area contributed by atoms with Gasteiger partial charge in [0, 0.05) is 6.42 Å². The Balaban J connectivity index is 1.95. The molecule has 0 atom stereocenters. The molecule has 0 bridgehead atoms. The smallest absolute Gasteiger partial charge is 0.345 e. The number of allylic oxidation sites excluding steroid dienone is 2. The Morgan fingerprint density at radius 3 is 2.59 bits per heavy atom. The van der Waals surface area contributed by atoms with Gasteiger partial charge in [-0.25, -0.2) is 4.79 Å². The Labute approximate surface area is 167 Å². The number of benzene rings is 1. The standard InChI is InChI=1S/C23H31ClO3/c1-3-5-7-8-9-10-12-16-26-20-15-14-18-17-19(13-11-6-4-2)27-23(25)21(18)22(20)24/h4,6,14-15,17H,3,5,7-13,16H2,1-2H3/b6-4+. The van der Waals surface area contributed by atoms with Gasteiger partial charge >= 0.3 is 5.63 Å². The Morgan fingerprint density at radius 2 is 1.85 bits per heavy atom. The number of halogens is 1. The average molecular weight is 391 g/mol. The molecule has 0 N–H and O–H groups in total. The Morgan fingerprint density at radius 1 is 1.11 bits per heavy atom. The highest BCUT2D eigenvalue weighted by Crippen LogP contribution is 2.31. The molecule has 0 radical (unpaired) electrons. The van der Waals surface area contributed by atoms with Crippen LogP contribution in [-0.4, -0.2) is 6.61 Å². The van der Waals surface area contributed by atoms with Gasteiger partial charge in [0.05, 0.1) is 17.0 Å². The fourth-order valence-corrected chi connectivity index (χ4v) is 3.44. The first kappa shape index (κ1) is 21.6. The number of fused-ring (bicyclic) bond motifs is 1. The summed E-state index contributed by atoms with van der Waals surface area (Å²) in [6.07, 6.45) is 14.2. The molecule has 0 unspecified atom stereocenters. The average Bonchev–Trinajstić information content (AvgIpc) is 2.65. The van der Waals surface area contributed by atoms with E-state index >= 15 is 0 Å². The number of unbranched alkanes of at least 4 members (excludes halogenated alkanes) is 6. The minimum absolute atomic E-state index is 0.351. The molecule has 1 heterocycles. The van der Waals surface area contributed by atoms with Crippen molar-refractivity contribution >= 4 is 22.4 Å². The summed E-state index contributed by atoms with van der Waals surface area (Å²) in [7, 11) is 0. The maximum absolute atomic E-state index is 12.4. The minimum Gasteiger partial charge on any atom is -0.492 e. The molecule has 0 amide bonds. The summed E-state index contributed by atoms with van der Waals surface area (Å²) < 4.78 is 11.2. The summed E-state index contributed by atoms with van der Waals surface area (Å²) in [6.45, 7) is 4.82. The van der Waals surface area contributed by atoms with E-state index in [4.69, 9.17) is 20.8 Å². The number of hydrogen-bond acceptors (Lipinski definition) is 3. The second kappa shape index (κ2) is 11.9. The fraction of sp³-hybridized carbons (Fsp3) is 0.522. The van der Waals surface area contributed by atoms with E-state index in [9.17, 15) is 4.79 Å². The fourth-order valence-electron chi connectivity index (χ4n) is 3.14. The SMILES string of the molecule is C/C=C/CCc1cc2ccc(OCCCCCCCCC)c(Cl)c2c(=O)o1. The van der Waals surface area contributed by atoms with Crippen LogP contribution >= 0.6 is 11.6 Å². The lowest BCUT2D eigenvalue weighted by atomic mass is 10.1. The Hall–Kier alpha value is -1.74. The van der Waals surface area contributed by atoms with Gasteiger partial charge in [-0.3, -0.25) is 0 Å². The van der Waals surface area contributed by atoms with Gasteiger partial charge in [-0.2, -0.15) is 0 Å². The molecule has 2 aromatic rings. The zero-order valence-corrected chi connectivity index (χ0v) is 17.3. The molecule has 0 aliphatic rings. The lowest BCUT2D eigenvalue weighted by molar-refractivity contribution is 0.304. The molecule has 0 saturated heterocycles. The van der Waals surface area contributed by atoms with E-state index in [1.54, 1.807) is 0 Å². The van der Waals surface area contributed by atoms with Crippen LogP contribution in [0.4, 0.5) is 0 Å². The number of ether oxygens (including phenoxy) is 1. The van der Waals surface area contributed by atoms with Gasteiger partial charge in [0.1, 0.15) is 11.5 Å². The van der Waals surface area contributed by atoms with Crippen LogP contribution in [0.5, 0.6) is 5.75 Å². The zero-order chi connectivity index (χ0) is 19.5. The highest BCUT2D eigenvalue weighted by atomic mass is 35.5. The molecule has 1 aromatic heterocycles. The van der Waals surface area contributed by atoms with Crippen LogP contribution in [0.25, 0.3) is 10.8 Å². The highest BCUT2D eigenvalue weighted by molar-refractivity contribution is 6.36. The van der Waals surface area contributed by atoms with Crippen molar-refractivity contribution in [1.82, 2.24) is 0 Å². The topological polar surface area (TPSA) is 39.4 Å². The van der Waals surface area contributed by atoms with Gasteiger partial charge in [-0.05, 0) is 37.3 Å². The van der Waals surface area contributed by atoms with Crippen LogP contribution in [0.3, 0.4) is 0 Å². The molecule has 0 aliphatic heterocycles. The predicted octanol–water partition coefficient (Wildman–Crippen LogP) is 7.08. The quantitative estimate of drug-likeness (QED) is 0.287. The molecule has 0 spiro atoms. The highest BCUT2D eigenvalue weighted by Gasteiger charge is 2.13. The van der Waals surface area contributed by atoms with Gasteiger partial charge in [-0.15, -0.1) is 0 Å². The van der Waals surface area contributed by atoms with E-state index < -0.39 is 5.63 Å². The van der Waals surface area contributed by atoms with Crippen molar-refractivity contribution in [3.8, 4) is 5.75 Å². The van der Waals surface area contributed by atoms with Crippen molar-refractivity contribution in [2.45, 2.75) is 71.6 Å². The second-order valence-electron chi connectivity index (χ2n) is 6.92. The lowest BCUT2D eigenvalue weighted by Gasteiger charge is -2.10. The summed E-state index contributed by atoms with van der Waals surface area (Å²) in [4.78, 5) is 12.4. The first-order valence-corrected chi connectivity index (χ1v) is 10.5. The van der Waals surface area contributed by atoms with Crippen LogP contribution in [0.1, 0.15) is 71.0 Å². The van der Waals surface area contributed by atoms with Crippen molar-refractivity contribution in [2.24, 2.45) is 0 Å². The normalized spacial score (nSPS) is 11.5. The van der Waals surface area contributed by atoms with Gasteiger partial charge in [-0.1, -0.05) is 75.3 Å². The summed E-state index contributed by atoms with van der Waals surface area (Å²) in [5.74, 6) is 1.24. The van der Waals surface area contributed by atoms with Gasteiger partial charge in [0.2, 0.25) is 0 Å². The largest absolute Gasteiger partial charge is 0.492 e. The molecule has 1 aromatic carbocycles. The molecule has 2 rings (SSSR count). The summed E-state index contributed by atoms with van der Waals surface area (Å²) >= 11 is 6.43. The van der Waals surface area contributed by atoms with Gasteiger partial charge in [0.25, 0.3) is 0 Å². The summed E-state index contributed by atoms with van der Waals surface area (Å²) in [5, 5.41) is 1.56. The van der Waals surface area contributed by atoms with E-state index in [-0.39, 0.29) is 0 Å². The molecular weight excluding hydrogens is 360 g/mol. The van der Waals surface area contributed by atoms with Crippen LogP contribution in [-0.2, 0) is 6.42 Å². The molecular formula is C23H31ClO3. The molecule has 27 heavy (non-hydrogen) atoms. The van der Waals surface area contributed by atoms with E-state index in [0.29, 0.717) is 34.9 Å². The molecule has 0 fully saturated rings. The van der Waals surface area contributed by atoms with E-state index in [1.807, 2.05) is 31.2 Å². The first-order valence-electron chi connectivity index (χ1n) is 10.2.